The third kappa shape index (κ3) is 4.72. The van der Waals surface area contributed by atoms with Crippen LogP contribution in [0.25, 0.3) is 0 Å². The average molecular weight is 506 g/mol. The number of rotatable bonds is 4. The Hall–Kier alpha value is -2.27. The van der Waals surface area contributed by atoms with E-state index in [0.29, 0.717) is 5.82 Å². The van der Waals surface area contributed by atoms with E-state index in [4.69, 9.17) is 17.3 Å². The second-order valence-electron chi connectivity index (χ2n) is 5.43. The molecule has 0 saturated heterocycles. The number of nitrogen functional groups attached to an aromatic ring is 1. The highest BCUT2D eigenvalue weighted by atomic mass is 127. The molecular formula is C17H12ClF3IN5. The summed E-state index contributed by atoms with van der Waals surface area (Å²) in [5.41, 5.74) is 6.20. The zero-order valence-electron chi connectivity index (χ0n) is 13.5. The van der Waals surface area contributed by atoms with Crippen LogP contribution < -0.4 is 16.4 Å². The van der Waals surface area contributed by atoms with E-state index in [1.165, 1.54) is 12.4 Å². The van der Waals surface area contributed by atoms with Crippen LogP contribution in [-0.4, -0.2) is 9.97 Å². The van der Waals surface area contributed by atoms with Gasteiger partial charge in [0.15, 0.2) is 11.6 Å². The van der Waals surface area contributed by atoms with Crippen molar-refractivity contribution in [2.75, 3.05) is 16.4 Å². The molecule has 0 amide bonds. The Morgan fingerprint density at radius 1 is 0.926 bits per heavy atom. The van der Waals surface area contributed by atoms with E-state index in [-0.39, 0.29) is 22.2 Å². The van der Waals surface area contributed by atoms with Crippen LogP contribution in [0.15, 0.2) is 48.8 Å². The molecule has 0 radical (unpaired) electrons. The van der Waals surface area contributed by atoms with Crippen molar-refractivity contribution in [1.82, 2.24) is 9.97 Å². The van der Waals surface area contributed by atoms with Gasteiger partial charge in [0.05, 0.1) is 10.6 Å². The van der Waals surface area contributed by atoms with Crippen LogP contribution in [0.3, 0.4) is 0 Å². The van der Waals surface area contributed by atoms with Gasteiger partial charge < -0.3 is 16.4 Å². The Balaban J connectivity index is 1.87. The van der Waals surface area contributed by atoms with E-state index in [2.05, 4.69) is 43.2 Å². The minimum absolute atomic E-state index is 0.150. The minimum atomic E-state index is -4.57. The van der Waals surface area contributed by atoms with Crippen molar-refractivity contribution in [1.29, 1.82) is 0 Å². The quantitative estimate of drug-likeness (QED) is 0.390. The summed E-state index contributed by atoms with van der Waals surface area (Å²) in [4.78, 5) is 8.08. The molecule has 0 unspecified atom stereocenters. The van der Waals surface area contributed by atoms with E-state index in [9.17, 15) is 13.2 Å². The first-order valence-electron chi connectivity index (χ1n) is 7.51. The Labute approximate surface area is 171 Å². The lowest BCUT2D eigenvalue weighted by molar-refractivity contribution is -0.137. The van der Waals surface area contributed by atoms with Crippen LogP contribution in [0.1, 0.15) is 5.56 Å². The highest BCUT2D eigenvalue weighted by molar-refractivity contribution is 14.1. The van der Waals surface area contributed by atoms with Gasteiger partial charge in [-0.1, -0.05) is 11.6 Å². The van der Waals surface area contributed by atoms with Crippen LogP contribution in [-0.2, 0) is 6.18 Å². The van der Waals surface area contributed by atoms with Crippen molar-refractivity contribution in [2.24, 2.45) is 0 Å². The van der Waals surface area contributed by atoms with Gasteiger partial charge in [0.1, 0.15) is 12.0 Å². The molecule has 0 aliphatic carbocycles. The number of nitrogens with one attached hydrogen (secondary N) is 2. The molecule has 3 aromatic rings. The topological polar surface area (TPSA) is 75.9 Å². The normalized spacial score (nSPS) is 11.3. The molecule has 27 heavy (non-hydrogen) atoms. The maximum atomic E-state index is 13.0. The van der Waals surface area contributed by atoms with Gasteiger partial charge in [-0.05, 0) is 65.1 Å². The summed E-state index contributed by atoms with van der Waals surface area (Å²) in [6.45, 7) is 0. The third-order valence-electron chi connectivity index (χ3n) is 3.53. The van der Waals surface area contributed by atoms with Gasteiger partial charge in [0.2, 0.25) is 0 Å². The van der Waals surface area contributed by atoms with Gasteiger partial charge in [-0.25, -0.2) is 9.97 Å². The molecule has 0 atom stereocenters. The fraction of sp³-hybridized carbons (Fsp3) is 0.0588. The molecule has 10 heteroatoms. The number of hydrogen-bond donors (Lipinski definition) is 3. The number of benzene rings is 2. The Kier molecular flexibility index (Phi) is 5.61. The number of halogens is 5. The Morgan fingerprint density at radius 3 is 2.07 bits per heavy atom. The van der Waals surface area contributed by atoms with Gasteiger partial charge in [-0.15, -0.1) is 0 Å². The van der Waals surface area contributed by atoms with Crippen molar-refractivity contribution in [2.45, 2.75) is 6.18 Å². The fourth-order valence-electron chi connectivity index (χ4n) is 2.22. The first-order chi connectivity index (χ1) is 12.7. The van der Waals surface area contributed by atoms with Gasteiger partial charge in [0.25, 0.3) is 0 Å². The minimum Gasteiger partial charge on any atom is -0.393 e. The summed E-state index contributed by atoms with van der Waals surface area (Å²) in [5.74, 6) is 0.507. The summed E-state index contributed by atoms with van der Waals surface area (Å²) in [7, 11) is 0. The maximum Gasteiger partial charge on any atom is 0.417 e. The van der Waals surface area contributed by atoms with Crippen molar-refractivity contribution in [3.8, 4) is 0 Å². The van der Waals surface area contributed by atoms with Crippen LogP contribution in [0.4, 0.5) is 41.9 Å². The van der Waals surface area contributed by atoms with Crippen LogP contribution in [0.5, 0.6) is 0 Å². The van der Waals surface area contributed by atoms with Crippen molar-refractivity contribution in [3.63, 3.8) is 0 Å². The summed E-state index contributed by atoms with van der Waals surface area (Å²) < 4.78 is 40.1. The van der Waals surface area contributed by atoms with Gasteiger partial charge >= 0.3 is 6.18 Å². The molecule has 0 bridgehead atoms. The highest BCUT2D eigenvalue weighted by Gasteiger charge is 2.33. The van der Waals surface area contributed by atoms with Gasteiger partial charge in [-0.3, -0.25) is 0 Å². The second kappa shape index (κ2) is 7.77. The zero-order chi connectivity index (χ0) is 19.6. The van der Waals surface area contributed by atoms with Crippen molar-refractivity contribution < 1.29 is 13.2 Å². The summed E-state index contributed by atoms with van der Waals surface area (Å²) in [6.07, 6.45) is -3.31. The molecule has 3 rings (SSSR count). The first kappa shape index (κ1) is 19.5. The monoisotopic (exact) mass is 505 g/mol. The molecule has 0 saturated carbocycles. The van der Waals surface area contributed by atoms with Crippen LogP contribution in [0.2, 0.25) is 5.02 Å². The zero-order valence-corrected chi connectivity index (χ0v) is 16.4. The lowest BCUT2D eigenvalue weighted by Gasteiger charge is -2.14. The molecule has 1 aromatic heterocycles. The molecule has 4 N–H and O–H groups in total. The first-order valence-corrected chi connectivity index (χ1v) is 8.96. The molecule has 1 heterocycles. The molecule has 0 aliphatic rings. The number of nitrogens with zero attached hydrogens (tertiary/aromatic N) is 2. The second-order valence-corrected chi connectivity index (χ2v) is 7.09. The molecule has 140 valence electrons. The highest BCUT2D eigenvalue weighted by Crippen LogP contribution is 2.37. The Morgan fingerprint density at radius 2 is 1.48 bits per heavy atom. The molecular weight excluding hydrogens is 494 g/mol. The number of anilines is 5. The predicted molar refractivity (Wildman–Crippen MR) is 109 cm³/mol. The lowest BCUT2D eigenvalue weighted by atomic mass is 10.2. The summed E-state index contributed by atoms with van der Waals surface area (Å²) in [6, 6.07) is 11.0. The Bertz CT molecular complexity index is 964. The van der Waals surface area contributed by atoms with E-state index in [0.717, 1.165) is 21.4 Å². The van der Waals surface area contributed by atoms with Crippen LogP contribution in [0, 0.1) is 3.57 Å². The third-order valence-corrected chi connectivity index (χ3v) is 4.57. The molecule has 0 fully saturated rings. The molecule has 0 spiro atoms. The smallest absolute Gasteiger partial charge is 0.393 e. The summed E-state index contributed by atoms with van der Waals surface area (Å²) in [5, 5.41) is 5.44. The maximum absolute atomic E-state index is 13.0. The lowest BCUT2D eigenvalue weighted by Crippen LogP contribution is -2.08. The summed E-state index contributed by atoms with van der Waals surface area (Å²) >= 11 is 7.82. The fourth-order valence-corrected chi connectivity index (χ4v) is 2.81. The van der Waals surface area contributed by atoms with Crippen LogP contribution >= 0.6 is 34.2 Å². The standard InChI is InChI=1S/C17H12ClF3IN5/c18-13-6-5-11(7-12(13)17(19,20)21)27-16-14(23)15(24-8-25-16)26-10-3-1-9(22)2-4-10/h1-8H,23H2,(H2,24,25,26,27). The SMILES string of the molecule is Nc1c(Nc2ccc(I)cc2)ncnc1Nc1ccc(Cl)c(C(F)(F)F)c1. The van der Waals surface area contributed by atoms with Gasteiger partial charge in [-0.2, -0.15) is 13.2 Å². The van der Waals surface area contributed by atoms with E-state index in [1.54, 1.807) is 0 Å². The van der Waals surface area contributed by atoms with E-state index < -0.39 is 11.7 Å². The largest absolute Gasteiger partial charge is 0.417 e. The predicted octanol–water partition coefficient (Wildman–Crippen LogP) is 5.82. The number of hydrogen-bond acceptors (Lipinski definition) is 5. The van der Waals surface area contributed by atoms with Gasteiger partial charge in [0, 0.05) is 14.9 Å². The molecule has 5 nitrogen and oxygen atoms in total. The van der Waals surface area contributed by atoms with Crippen molar-refractivity contribution in [3.05, 3.63) is 62.9 Å². The average Bonchev–Trinajstić information content (AvgIpc) is 2.61. The molecule has 0 aliphatic heterocycles. The number of aromatic nitrogens is 2. The number of nitrogens with two attached hydrogens (primary N) is 1. The van der Waals surface area contributed by atoms with E-state index in [1.807, 2.05) is 24.3 Å². The number of alkyl halides is 3. The van der Waals surface area contributed by atoms with Crippen molar-refractivity contribution >= 4 is 62.9 Å². The molecule has 2 aromatic carbocycles. The van der Waals surface area contributed by atoms with E-state index >= 15 is 0 Å².